The molecule has 0 aliphatic carbocycles. The number of aromatic hydroxyl groups is 1. The van der Waals surface area contributed by atoms with Crippen LogP contribution in [0, 0.1) is 5.82 Å². The molecular weight excluding hydrogens is 341 g/mol. The molecule has 6 nitrogen and oxygen atoms in total. The van der Waals surface area contributed by atoms with Crippen molar-refractivity contribution in [3.63, 3.8) is 0 Å². The lowest BCUT2D eigenvalue weighted by molar-refractivity contribution is 0.432. The van der Waals surface area contributed by atoms with Gasteiger partial charge < -0.3 is 10.4 Å². The highest BCUT2D eigenvalue weighted by Gasteiger charge is 2.21. The fourth-order valence-corrected chi connectivity index (χ4v) is 3.24. The molecule has 3 aromatic rings. The molecule has 2 aromatic carbocycles. The van der Waals surface area contributed by atoms with Crippen molar-refractivity contribution in [3.05, 3.63) is 41.3 Å². The quantitative estimate of drug-likeness (QED) is 0.502. The Bertz CT molecular complexity index is 958. The first-order valence-corrected chi connectivity index (χ1v) is 7.74. The lowest BCUT2D eigenvalue weighted by Crippen LogP contribution is -2.27. The molecule has 0 saturated carbocycles. The van der Waals surface area contributed by atoms with E-state index >= 15 is 0 Å². The van der Waals surface area contributed by atoms with Gasteiger partial charge in [-0.1, -0.05) is 17.7 Å². The normalized spacial score (nSPS) is 13.4. The lowest BCUT2D eigenvalue weighted by Gasteiger charge is -2.19. The number of phenolic OH excluding ortho intramolecular Hbond substituents is 1. The molecule has 116 valence electrons. The van der Waals surface area contributed by atoms with Crippen LogP contribution in [0.4, 0.5) is 15.8 Å². The number of aliphatic imine (C=N–C) groups is 1. The smallest absolute Gasteiger partial charge is 0.211 e. The number of anilines is 1. The summed E-state index contributed by atoms with van der Waals surface area (Å²) in [7, 11) is 0. The molecule has 0 radical (unpaired) electrons. The van der Waals surface area contributed by atoms with E-state index in [1.807, 2.05) is 18.2 Å². The zero-order valence-electron chi connectivity index (χ0n) is 11.4. The van der Waals surface area contributed by atoms with Crippen LogP contribution < -0.4 is 10.0 Å². The Kier molecular flexibility index (Phi) is 3.28. The summed E-state index contributed by atoms with van der Waals surface area (Å²) < 4.78 is 16.7. The number of benzene rings is 2. The summed E-state index contributed by atoms with van der Waals surface area (Å²) in [6, 6.07) is 7.05. The highest BCUT2D eigenvalue weighted by Crippen LogP contribution is 2.43. The van der Waals surface area contributed by atoms with Crippen LogP contribution in [0.15, 0.2) is 40.4 Å². The van der Waals surface area contributed by atoms with Gasteiger partial charge >= 0.3 is 0 Å². The highest BCUT2D eigenvalue weighted by atomic mass is 35.5. The topological polar surface area (TPSA) is 85.3 Å². The predicted octanol–water partition coefficient (Wildman–Crippen LogP) is 3.77. The van der Waals surface area contributed by atoms with Gasteiger partial charge in [-0.3, -0.25) is 9.82 Å². The molecule has 9 heteroatoms. The first kappa shape index (κ1) is 14.2. The zero-order chi connectivity index (χ0) is 16.0. The molecule has 1 aromatic heterocycles. The van der Waals surface area contributed by atoms with Crippen molar-refractivity contribution < 1.29 is 9.50 Å². The van der Waals surface area contributed by atoms with Crippen LogP contribution in [-0.2, 0) is 0 Å². The fourth-order valence-electron chi connectivity index (χ4n) is 2.26. The third kappa shape index (κ3) is 2.36. The van der Waals surface area contributed by atoms with Crippen LogP contribution in [0.2, 0.25) is 5.02 Å². The maximum atomic E-state index is 13.7. The molecular formula is C14H9ClFN5OS. The van der Waals surface area contributed by atoms with E-state index in [9.17, 15) is 9.50 Å². The molecule has 0 fully saturated rings. The summed E-state index contributed by atoms with van der Waals surface area (Å²) in [5.74, 6) is -1.08. The molecule has 0 amide bonds. The third-order valence-corrected chi connectivity index (χ3v) is 4.45. The number of hydrogen-bond acceptors (Lipinski definition) is 6. The van der Waals surface area contributed by atoms with Gasteiger partial charge in [0, 0.05) is 5.39 Å². The molecule has 2 heterocycles. The van der Waals surface area contributed by atoms with Gasteiger partial charge in [-0.25, -0.2) is 9.38 Å². The van der Waals surface area contributed by atoms with Crippen LogP contribution >= 0.6 is 23.5 Å². The third-order valence-electron chi connectivity index (χ3n) is 3.35. The van der Waals surface area contributed by atoms with Crippen molar-refractivity contribution in [1.82, 2.24) is 14.9 Å². The maximum absolute atomic E-state index is 13.7. The second-order valence-electron chi connectivity index (χ2n) is 4.79. The SMILES string of the molecule is Oc1c(F)c(Cl)cc2c1N=C(Nc1cccc3[nH]ncc13)NS2. The lowest BCUT2D eigenvalue weighted by atomic mass is 10.2. The number of aromatic nitrogens is 2. The number of H-pyrrole nitrogens is 1. The number of halogens is 2. The Morgan fingerprint density at radius 1 is 1.35 bits per heavy atom. The van der Waals surface area contributed by atoms with Gasteiger partial charge in [0.1, 0.15) is 5.69 Å². The van der Waals surface area contributed by atoms with Crippen molar-refractivity contribution >= 4 is 51.8 Å². The first-order chi connectivity index (χ1) is 11.1. The highest BCUT2D eigenvalue weighted by molar-refractivity contribution is 7.98. The monoisotopic (exact) mass is 349 g/mol. The summed E-state index contributed by atoms with van der Waals surface area (Å²) in [6.45, 7) is 0. The van der Waals surface area contributed by atoms with E-state index in [4.69, 9.17) is 11.6 Å². The molecule has 1 aliphatic heterocycles. The summed E-state index contributed by atoms with van der Waals surface area (Å²) in [6.07, 6.45) is 1.69. The minimum Gasteiger partial charge on any atom is -0.503 e. The Labute approximate surface area is 138 Å². The number of rotatable bonds is 1. The minimum absolute atomic E-state index is 0.137. The van der Waals surface area contributed by atoms with E-state index in [2.05, 4.69) is 25.2 Å². The summed E-state index contributed by atoms with van der Waals surface area (Å²) in [5, 5.41) is 20.6. The fraction of sp³-hybridized carbons (Fsp3) is 0. The minimum atomic E-state index is -0.882. The summed E-state index contributed by atoms with van der Waals surface area (Å²) >= 11 is 6.90. The molecule has 4 N–H and O–H groups in total. The molecule has 23 heavy (non-hydrogen) atoms. The number of phenols is 1. The molecule has 4 rings (SSSR count). The predicted molar refractivity (Wildman–Crippen MR) is 88.9 cm³/mol. The van der Waals surface area contributed by atoms with Crippen LogP contribution in [0.3, 0.4) is 0 Å². The van der Waals surface area contributed by atoms with E-state index in [0.717, 1.165) is 16.6 Å². The number of guanidine groups is 1. The maximum Gasteiger partial charge on any atom is 0.211 e. The summed E-state index contributed by atoms with van der Waals surface area (Å²) in [5.41, 5.74) is 1.79. The Balaban J connectivity index is 1.74. The number of fused-ring (bicyclic) bond motifs is 2. The average Bonchev–Trinajstić information content (AvgIpc) is 3.03. The van der Waals surface area contributed by atoms with Gasteiger partial charge in [0.25, 0.3) is 0 Å². The van der Waals surface area contributed by atoms with Gasteiger partial charge in [0.15, 0.2) is 11.6 Å². The van der Waals surface area contributed by atoms with Crippen molar-refractivity contribution in [2.75, 3.05) is 5.32 Å². The largest absolute Gasteiger partial charge is 0.503 e. The Hall–Kier alpha value is -2.45. The van der Waals surface area contributed by atoms with Crippen molar-refractivity contribution in [2.45, 2.75) is 4.90 Å². The molecule has 0 atom stereocenters. The second-order valence-corrected chi connectivity index (χ2v) is 6.05. The van der Waals surface area contributed by atoms with Crippen LogP contribution in [0.1, 0.15) is 0 Å². The van der Waals surface area contributed by atoms with E-state index in [1.54, 1.807) is 6.20 Å². The number of nitrogens with one attached hydrogen (secondary N) is 3. The van der Waals surface area contributed by atoms with E-state index in [0.29, 0.717) is 10.9 Å². The van der Waals surface area contributed by atoms with Crippen molar-refractivity contribution in [3.8, 4) is 5.75 Å². The number of nitrogens with zero attached hydrogens (tertiary/aromatic N) is 2. The second kappa shape index (κ2) is 5.32. The average molecular weight is 350 g/mol. The van der Waals surface area contributed by atoms with E-state index in [-0.39, 0.29) is 10.7 Å². The standard InChI is InChI=1S/C14H9ClFN5OS/c15-7-4-10-12(13(22)11(7)16)19-14(21-23-10)18-8-2-1-3-9-6(8)5-17-20-9/h1-5,22H,(H,17,20)(H2,18,19,21). The number of hydrogen-bond donors (Lipinski definition) is 4. The number of aromatic amines is 1. The van der Waals surface area contributed by atoms with Gasteiger partial charge in [0.05, 0.1) is 27.3 Å². The summed E-state index contributed by atoms with van der Waals surface area (Å²) in [4.78, 5) is 4.77. The molecule has 0 bridgehead atoms. The molecule has 0 saturated heterocycles. The van der Waals surface area contributed by atoms with Crippen molar-refractivity contribution in [2.24, 2.45) is 4.99 Å². The Morgan fingerprint density at radius 2 is 2.22 bits per heavy atom. The van der Waals surface area contributed by atoms with E-state index in [1.165, 1.54) is 18.0 Å². The molecule has 0 unspecified atom stereocenters. The van der Waals surface area contributed by atoms with Crippen LogP contribution in [-0.4, -0.2) is 21.3 Å². The Morgan fingerprint density at radius 3 is 3.09 bits per heavy atom. The first-order valence-electron chi connectivity index (χ1n) is 6.55. The van der Waals surface area contributed by atoms with Crippen LogP contribution in [0.25, 0.3) is 10.9 Å². The van der Waals surface area contributed by atoms with Gasteiger partial charge in [-0.2, -0.15) is 5.10 Å². The molecule has 0 spiro atoms. The van der Waals surface area contributed by atoms with Gasteiger partial charge in [-0.05, 0) is 30.1 Å². The molecule has 1 aliphatic rings. The van der Waals surface area contributed by atoms with Crippen LogP contribution in [0.5, 0.6) is 5.75 Å². The van der Waals surface area contributed by atoms with Gasteiger partial charge in [-0.15, -0.1) is 0 Å². The van der Waals surface area contributed by atoms with Crippen molar-refractivity contribution in [1.29, 1.82) is 0 Å². The van der Waals surface area contributed by atoms with Gasteiger partial charge in [0.2, 0.25) is 5.96 Å². The zero-order valence-corrected chi connectivity index (χ0v) is 13.0. The van der Waals surface area contributed by atoms with E-state index < -0.39 is 11.6 Å².